The van der Waals surface area contributed by atoms with E-state index in [1.807, 2.05) is 20.8 Å². The summed E-state index contributed by atoms with van der Waals surface area (Å²) in [4.78, 5) is 12.1. The second kappa shape index (κ2) is 5.95. The molecule has 1 aromatic heterocycles. The van der Waals surface area contributed by atoms with Gasteiger partial charge >= 0.3 is 0 Å². The molecule has 1 heterocycles. The molecule has 0 bridgehead atoms. The summed E-state index contributed by atoms with van der Waals surface area (Å²) < 4.78 is 5.12. The lowest BCUT2D eigenvalue weighted by Crippen LogP contribution is -2.39. The van der Waals surface area contributed by atoms with Crippen molar-refractivity contribution in [3.05, 3.63) is 17.0 Å². The Hall–Kier alpha value is -1.36. The lowest BCUT2D eigenvalue weighted by Gasteiger charge is -2.31. The molecule has 2 rings (SSSR count). The standard InChI is InChI=1S/C15H24N2O3/c1-10(14-11(2)17-20-12(14)3)16-13(18)9-15(19)7-5-4-6-8-15/h10,19H,4-9H2,1-3H3,(H,16,18). The first-order valence-corrected chi connectivity index (χ1v) is 7.36. The van der Waals surface area contributed by atoms with Crippen molar-refractivity contribution >= 4 is 5.91 Å². The molecule has 1 aromatic rings. The third-order valence-electron chi connectivity index (χ3n) is 4.17. The number of nitrogens with zero attached hydrogens (tertiary/aromatic N) is 1. The Balaban J connectivity index is 1.94. The quantitative estimate of drug-likeness (QED) is 0.888. The summed E-state index contributed by atoms with van der Waals surface area (Å²) in [6.07, 6.45) is 4.78. The van der Waals surface area contributed by atoms with Crippen LogP contribution in [-0.2, 0) is 4.79 Å². The highest BCUT2D eigenvalue weighted by Gasteiger charge is 2.32. The SMILES string of the molecule is Cc1noc(C)c1C(C)NC(=O)CC1(O)CCCCC1. The van der Waals surface area contributed by atoms with Crippen LogP contribution in [0.25, 0.3) is 0 Å². The highest BCUT2D eigenvalue weighted by molar-refractivity contribution is 5.77. The van der Waals surface area contributed by atoms with Gasteiger partial charge in [-0.25, -0.2) is 0 Å². The molecule has 1 saturated carbocycles. The molecular weight excluding hydrogens is 256 g/mol. The van der Waals surface area contributed by atoms with Crippen molar-refractivity contribution in [2.45, 2.75) is 70.9 Å². The zero-order chi connectivity index (χ0) is 14.8. The molecule has 0 aromatic carbocycles. The largest absolute Gasteiger partial charge is 0.389 e. The van der Waals surface area contributed by atoms with Gasteiger partial charge in [-0.05, 0) is 33.6 Å². The van der Waals surface area contributed by atoms with Crippen LogP contribution in [0.5, 0.6) is 0 Å². The fourth-order valence-corrected chi connectivity index (χ4v) is 3.16. The van der Waals surface area contributed by atoms with Crippen molar-refractivity contribution in [2.24, 2.45) is 0 Å². The smallest absolute Gasteiger partial charge is 0.223 e. The summed E-state index contributed by atoms with van der Waals surface area (Å²) >= 11 is 0. The maximum absolute atomic E-state index is 12.1. The van der Waals surface area contributed by atoms with Crippen molar-refractivity contribution in [1.82, 2.24) is 10.5 Å². The van der Waals surface area contributed by atoms with Gasteiger partial charge in [0.05, 0.1) is 23.8 Å². The van der Waals surface area contributed by atoms with Crippen LogP contribution < -0.4 is 5.32 Å². The number of hydrogen-bond donors (Lipinski definition) is 2. The first-order valence-electron chi connectivity index (χ1n) is 7.36. The molecule has 1 aliphatic rings. The predicted octanol–water partition coefficient (Wildman–Crippen LogP) is 2.55. The molecule has 0 spiro atoms. The summed E-state index contributed by atoms with van der Waals surface area (Å²) in [6.45, 7) is 5.62. The maximum atomic E-state index is 12.1. The Kier molecular flexibility index (Phi) is 4.48. The minimum atomic E-state index is -0.819. The molecule has 0 radical (unpaired) electrons. The van der Waals surface area contributed by atoms with E-state index in [1.165, 1.54) is 0 Å². The van der Waals surface area contributed by atoms with Crippen LogP contribution in [0.2, 0.25) is 0 Å². The molecule has 2 N–H and O–H groups in total. The third kappa shape index (κ3) is 3.39. The second-order valence-corrected chi connectivity index (χ2v) is 5.99. The van der Waals surface area contributed by atoms with E-state index in [0.717, 1.165) is 49.1 Å². The fraction of sp³-hybridized carbons (Fsp3) is 0.733. The summed E-state index contributed by atoms with van der Waals surface area (Å²) in [7, 11) is 0. The van der Waals surface area contributed by atoms with Crippen LogP contribution in [0.3, 0.4) is 0 Å². The van der Waals surface area contributed by atoms with E-state index >= 15 is 0 Å². The van der Waals surface area contributed by atoms with E-state index in [1.54, 1.807) is 0 Å². The van der Waals surface area contributed by atoms with Crippen molar-refractivity contribution in [2.75, 3.05) is 0 Å². The van der Waals surface area contributed by atoms with Crippen molar-refractivity contribution in [3.63, 3.8) is 0 Å². The topological polar surface area (TPSA) is 75.4 Å². The number of aromatic nitrogens is 1. The molecule has 0 aliphatic heterocycles. The van der Waals surface area contributed by atoms with Gasteiger partial charge in [0.25, 0.3) is 0 Å². The molecule has 1 unspecified atom stereocenters. The number of carbonyl (C=O) groups excluding carboxylic acids is 1. The number of amides is 1. The van der Waals surface area contributed by atoms with Crippen LogP contribution in [0.1, 0.15) is 68.5 Å². The van der Waals surface area contributed by atoms with Crippen molar-refractivity contribution in [1.29, 1.82) is 0 Å². The van der Waals surface area contributed by atoms with Gasteiger partial charge in [-0.3, -0.25) is 4.79 Å². The van der Waals surface area contributed by atoms with Gasteiger partial charge in [0.1, 0.15) is 5.76 Å². The monoisotopic (exact) mass is 280 g/mol. The van der Waals surface area contributed by atoms with Gasteiger partial charge in [0.15, 0.2) is 0 Å². The molecule has 112 valence electrons. The Morgan fingerprint density at radius 2 is 2.05 bits per heavy atom. The average molecular weight is 280 g/mol. The normalized spacial score (nSPS) is 19.6. The molecule has 1 fully saturated rings. The first-order chi connectivity index (χ1) is 9.41. The Labute approximate surface area is 119 Å². The summed E-state index contributed by atoms with van der Waals surface area (Å²) in [5.41, 5.74) is 0.904. The molecule has 1 aliphatic carbocycles. The molecule has 20 heavy (non-hydrogen) atoms. The van der Waals surface area contributed by atoms with Crippen LogP contribution >= 0.6 is 0 Å². The zero-order valence-electron chi connectivity index (χ0n) is 12.5. The Bertz CT molecular complexity index is 456. The summed E-state index contributed by atoms with van der Waals surface area (Å²) in [6, 6.07) is -0.152. The van der Waals surface area contributed by atoms with Gasteiger partial charge in [0, 0.05) is 5.56 Å². The molecule has 1 atom stereocenters. The minimum absolute atomic E-state index is 0.109. The summed E-state index contributed by atoms with van der Waals surface area (Å²) in [5, 5.41) is 17.2. The highest BCUT2D eigenvalue weighted by Crippen LogP contribution is 2.31. The lowest BCUT2D eigenvalue weighted by atomic mass is 9.82. The van der Waals surface area contributed by atoms with E-state index in [0.29, 0.717) is 0 Å². The summed E-state index contributed by atoms with van der Waals surface area (Å²) in [5.74, 6) is 0.619. The Morgan fingerprint density at radius 3 is 2.60 bits per heavy atom. The zero-order valence-corrected chi connectivity index (χ0v) is 12.5. The number of hydrogen-bond acceptors (Lipinski definition) is 4. The maximum Gasteiger partial charge on any atom is 0.223 e. The number of nitrogens with one attached hydrogen (secondary N) is 1. The molecular formula is C15H24N2O3. The second-order valence-electron chi connectivity index (χ2n) is 5.99. The number of aryl methyl sites for hydroxylation is 2. The van der Waals surface area contributed by atoms with Crippen LogP contribution in [0, 0.1) is 13.8 Å². The van der Waals surface area contributed by atoms with Crippen LogP contribution in [0.15, 0.2) is 4.52 Å². The Morgan fingerprint density at radius 1 is 1.40 bits per heavy atom. The number of carbonyl (C=O) groups is 1. The predicted molar refractivity (Wildman–Crippen MR) is 75.2 cm³/mol. The minimum Gasteiger partial charge on any atom is -0.389 e. The van der Waals surface area contributed by atoms with E-state index in [-0.39, 0.29) is 18.4 Å². The van der Waals surface area contributed by atoms with Crippen LogP contribution in [0.4, 0.5) is 0 Å². The van der Waals surface area contributed by atoms with Gasteiger partial charge in [-0.15, -0.1) is 0 Å². The fourth-order valence-electron chi connectivity index (χ4n) is 3.16. The van der Waals surface area contributed by atoms with E-state index < -0.39 is 5.60 Å². The highest BCUT2D eigenvalue weighted by atomic mass is 16.5. The third-order valence-corrected chi connectivity index (χ3v) is 4.17. The van der Waals surface area contributed by atoms with E-state index in [9.17, 15) is 9.90 Å². The van der Waals surface area contributed by atoms with Gasteiger partial charge in [-0.2, -0.15) is 0 Å². The van der Waals surface area contributed by atoms with Crippen molar-refractivity contribution in [3.8, 4) is 0 Å². The van der Waals surface area contributed by atoms with Gasteiger partial charge < -0.3 is 14.9 Å². The number of aliphatic hydroxyl groups is 1. The molecule has 0 saturated heterocycles. The number of rotatable bonds is 4. The van der Waals surface area contributed by atoms with Crippen LogP contribution in [-0.4, -0.2) is 21.8 Å². The first kappa shape index (κ1) is 15.0. The molecule has 1 amide bonds. The molecule has 5 nitrogen and oxygen atoms in total. The van der Waals surface area contributed by atoms with Crippen molar-refractivity contribution < 1.29 is 14.4 Å². The van der Waals surface area contributed by atoms with Gasteiger partial charge in [0.2, 0.25) is 5.91 Å². The van der Waals surface area contributed by atoms with Gasteiger partial charge in [-0.1, -0.05) is 24.4 Å². The lowest BCUT2D eigenvalue weighted by molar-refractivity contribution is -0.128. The average Bonchev–Trinajstić information content (AvgIpc) is 2.68. The van der Waals surface area contributed by atoms with E-state index in [4.69, 9.17) is 4.52 Å². The molecule has 5 heteroatoms. The van der Waals surface area contributed by atoms with E-state index in [2.05, 4.69) is 10.5 Å².